The number of carbonyl (C=O) groups excluding carboxylic acids is 1. The Morgan fingerprint density at radius 3 is 2.62 bits per heavy atom. The molecule has 0 unspecified atom stereocenters. The summed E-state index contributed by atoms with van der Waals surface area (Å²) < 4.78 is 37.5. The highest BCUT2D eigenvalue weighted by molar-refractivity contribution is 7.89. The van der Waals surface area contributed by atoms with Crippen molar-refractivity contribution in [2.45, 2.75) is 17.7 Å². The predicted octanol–water partition coefficient (Wildman–Crippen LogP) is 1.09. The van der Waals surface area contributed by atoms with Gasteiger partial charge in [0.1, 0.15) is 12.4 Å². The number of piperidine rings is 1. The number of methoxy groups -OCH3 is 1. The molecular formula is C16H22N2O5S. The van der Waals surface area contributed by atoms with Crippen LogP contribution in [0.15, 0.2) is 23.1 Å². The molecule has 24 heavy (non-hydrogen) atoms. The number of nitrogens with zero attached hydrogens (tertiary/aromatic N) is 2. The van der Waals surface area contributed by atoms with Gasteiger partial charge in [-0.2, -0.15) is 4.31 Å². The molecule has 0 spiro atoms. The Bertz CT molecular complexity index is 726. The van der Waals surface area contributed by atoms with Crippen LogP contribution in [0.3, 0.4) is 0 Å². The highest BCUT2D eigenvalue weighted by Crippen LogP contribution is 2.34. The molecule has 0 amide bonds. The molecule has 0 aromatic heterocycles. The quantitative estimate of drug-likeness (QED) is 0.757. The molecule has 0 aliphatic carbocycles. The molecule has 0 N–H and O–H groups in total. The van der Waals surface area contributed by atoms with E-state index < -0.39 is 10.0 Å². The van der Waals surface area contributed by atoms with E-state index in [4.69, 9.17) is 9.47 Å². The largest absolute Gasteiger partial charge is 0.490 e. The Morgan fingerprint density at radius 1 is 1.25 bits per heavy atom. The van der Waals surface area contributed by atoms with Crippen molar-refractivity contribution in [2.75, 3.05) is 45.3 Å². The minimum atomic E-state index is -3.58. The van der Waals surface area contributed by atoms with Crippen molar-refractivity contribution in [3.8, 4) is 5.75 Å². The topological polar surface area (TPSA) is 76.2 Å². The molecule has 2 aliphatic rings. The van der Waals surface area contributed by atoms with Crippen molar-refractivity contribution in [3.05, 3.63) is 18.2 Å². The van der Waals surface area contributed by atoms with Crippen LogP contribution in [0.2, 0.25) is 0 Å². The first kappa shape index (κ1) is 17.0. The molecule has 2 heterocycles. The van der Waals surface area contributed by atoms with Crippen LogP contribution in [-0.2, 0) is 19.6 Å². The number of sulfonamides is 1. The Labute approximate surface area is 142 Å². The fourth-order valence-electron chi connectivity index (χ4n) is 3.14. The summed E-state index contributed by atoms with van der Waals surface area (Å²) >= 11 is 0. The number of fused-ring (bicyclic) bond motifs is 1. The number of hydrogen-bond acceptors (Lipinski definition) is 6. The lowest BCUT2D eigenvalue weighted by atomic mass is 9.99. The average Bonchev–Trinajstić information content (AvgIpc) is 2.61. The molecule has 7 nitrogen and oxygen atoms in total. The van der Waals surface area contributed by atoms with Gasteiger partial charge in [-0.05, 0) is 31.0 Å². The van der Waals surface area contributed by atoms with Gasteiger partial charge >= 0.3 is 5.97 Å². The summed E-state index contributed by atoms with van der Waals surface area (Å²) in [6.07, 6.45) is 0.972. The molecule has 0 bridgehead atoms. The van der Waals surface area contributed by atoms with Crippen molar-refractivity contribution in [2.24, 2.45) is 5.92 Å². The molecule has 0 saturated carbocycles. The van der Waals surface area contributed by atoms with E-state index >= 15 is 0 Å². The number of benzene rings is 1. The van der Waals surface area contributed by atoms with Gasteiger partial charge in [-0.1, -0.05) is 0 Å². The maximum Gasteiger partial charge on any atom is 0.308 e. The van der Waals surface area contributed by atoms with Crippen molar-refractivity contribution in [3.63, 3.8) is 0 Å². The molecule has 132 valence electrons. The molecule has 1 fully saturated rings. The fraction of sp³-hybridized carbons (Fsp3) is 0.562. The molecule has 8 heteroatoms. The Balaban J connectivity index is 1.79. The standard InChI is InChI=1S/C16H22N2O5S/c1-17-9-10-23-15-4-3-13(11-14(15)17)24(20,21)18-7-5-12(6-8-18)16(19)22-2/h3-4,11-12H,5-10H2,1-2H3. The van der Waals surface area contributed by atoms with Crippen LogP contribution < -0.4 is 9.64 Å². The molecule has 1 aromatic rings. The maximum absolute atomic E-state index is 12.9. The first-order valence-corrected chi connectivity index (χ1v) is 9.43. The zero-order valence-corrected chi connectivity index (χ0v) is 14.7. The minimum Gasteiger partial charge on any atom is -0.490 e. The first-order chi connectivity index (χ1) is 11.4. The second-order valence-electron chi connectivity index (χ2n) is 6.10. The summed E-state index contributed by atoms with van der Waals surface area (Å²) in [5.41, 5.74) is 0.784. The van der Waals surface area contributed by atoms with Crippen LogP contribution in [0, 0.1) is 5.92 Å². The summed E-state index contributed by atoms with van der Waals surface area (Å²) in [6, 6.07) is 4.95. The van der Waals surface area contributed by atoms with E-state index in [0.29, 0.717) is 38.3 Å². The lowest BCUT2D eigenvalue weighted by molar-refractivity contribution is -0.146. The van der Waals surface area contributed by atoms with E-state index in [1.165, 1.54) is 11.4 Å². The van der Waals surface area contributed by atoms with E-state index in [0.717, 1.165) is 12.2 Å². The van der Waals surface area contributed by atoms with Crippen molar-refractivity contribution < 1.29 is 22.7 Å². The second-order valence-corrected chi connectivity index (χ2v) is 8.04. The van der Waals surface area contributed by atoms with E-state index in [2.05, 4.69) is 0 Å². The van der Waals surface area contributed by atoms with Gasteiger partial charge in [0, 0.05) is 20.1 Å². The predicted molar refractivity (Wildman–Crippen MR) is 88.7 cm³/mol. The van der Waals surface area contributed by atoms with Crippen LogP contribution in [-0.4, -0.2) is 59.1 Å². The third-order valence-corrected chi connectivity index (χ3v) is 6.55. The molecule has 0 radical (unpaired) electrons. The van der Waals surface area contributed by atoms with Gasteiger partial charge in [-0.25, -0.2) is 8.42 Å². The van der Waals surface area contributed by atoms with Gasteiger partial charge in [0.25, 0.3) is 0 Å². The van der Waals surface area contributed by atoms with Crippen LogP contribution in [0.5, 0.6) is 5.75 Å². The molecular weight excluding hydrogens is 332 g/mol. The number of likely N-dealkylation sites (N-methyl/N-ethyl adjacent to an activating group) is 1. The van der Waals surface area contributed by atoms with Gasteiger partial charge < -0.3 is 14.4 Å². The lowest BCUT2D eigenvalue weighted by Crippen LogP contribution is -2.40. The molecule has 2 aliphatic heterocycles. The zero-order valence-electron chi connectivity index (χ0n) is 13.9. The number of hydrogen-bond donors (Lipinski definition) is 0. The number of rotatable bonds is 3. The van der Waals surface area contributed by atoms with Crippen LogP contribution in [0.4, 0.5) is 5.69 Å². The molecule has 0 atom stereocenters. The monoisotopic (exact) mass is 354 g/mol. The highest BCUT2D eigenvalue weighted by Gasteiger charge is 2.33. The number of esters is 1. The van der Waals surface area contributed by atoms with E-state index in [1.54, 1.807) is 18.2 Å². The zero-order chi connectivity index (χ0) is 17.3. The summed E-state index contributed by atoms with van der Waals surface area (Å²) in [7, 11) is -0.301. The summed E-state index contributed by atoms with van der Waals surface area (Å²) in [5.74, 6) is 0.219. The van der Waals surface area contributed by atoms with Crippen molar-refractivity contribution in [1.82, 2.24) is 4.31 Å². The van der Waals surface area contributed by atoms with Gasteiger partial charge in [0.05, 0.1) is 30.2 Å². The third kappa shape index (κ3) is 3.08. The first-order valence-electron chi connectivity index (χ1n) is 7.99. The van der Waals surface area contributed by atoms with Gasteiger partial charge in [-0.15, -0.1) is 0 Å². The van der Waals surface area contributed by atoms with E-state index in [9.17, 15) is 13.2 Å². The summed E-state index contributed by atoms with van der Waals surface area (Å²) in [4.78, 5) is 13.8. The van der Waals surface area contributed by atoms with Gasteiger partial charge in [-0.3, -0.25) is 4.79 Å². The molecule has 3 rings (SSSR count). The third-order valence-electron chi connectivity index (χ3n) is 4.65. The Kier molecular flexibility index (Phi) is 4.69. The second kappa shape index (κ2) is 6.60. The molecule has 1 aromatic carbocycles. The van der Waals surface area contributed by atoms with E-state index in [-0.39, 0.29) is 16.8 Å². The smallest absolute Gasteiger partial charge is 0.308 e. The number of anilines is 1. The van der Waals surface area contributed by atoms with Gasteiger partial charge in [0.2, 0.25) is 10.0 Å². The highest BCUT2D eigenvalue weighted by atomic mass is 32.2. The van der Waals surface area contributed by atoms with Gasteiger partial charge in [0.15, 0.2) is 0 Å². The summed E-state index contributed by atoms with van der Waals surface area (Å²) in [5, 5.41) is 0. The minimum absolute atomic E-state index is 0.218. The van der Waals surface area contributed by atoms with Crippen LogP contribution in [0.25, 0.3) is 0 Å². The Hall–Kier alpha value is -1.80. The van der Waals surface area contributed by atoms with Crippen LogP contribution >= 0.6 is 0 Å². The fourth-order valence-corrected chi connectivity index (χ4v) is 4.63. The lowest BCUT2D eigenvalue weighted by Gasteiger charge is -2.31. The number of carbonyl (C=O) groups is 1. The van der Waals surface area contributed by atoms with Crippen molar-refractivity contribution in [1.29, 1.82) is 0 Å². The van der Waals surface area contributed by atoms with Crippen molar-refractivity contribution >= 4 is 21.7 Å². The Morgan fingerprint density at radius 2 is 1.96 bits per heavy atom. The van der Waals surface area contributed by atoms with E-state index in [1.807, 2.05) is 11.9 Å². The normalized spacial score (nSPS) is 19.5. The maximum atomic E-state index is 12.9. The van der Waals surface area contributed by atoms with Crippen LogP contribution in [0.1, 0.15) is 12.8 Å². The number of ether oxygens (including phenoxy) is 2. The SMILES string of the molecule is COC(=O)C1CCN(S(=O)(=O)c2ccc3c(c2)N(C)CCO3)CC1. The molecule has 1 saturated heterocycles. The average molecular weight is 354 g/mol. The summed E-state index contributed by atoms with van der Waals surface area (Å²) in [6.45, 7) is 1.97.